The van der Waals surface area contributed by atoms with E-state index >= 15 is 0 Å². The van der Waals surface area contributed by atoms with Crippen LogP contribution in [-0.2, 0) is 11.0 Å². The zero-order chi connectivity index (χ0) is 13.8. The summed E-state index contributed by atoms with van der Waals surface area (Å²) in [6.45, 7) is 3.68. The normalized spacial score (nSPS) is 12.4. The van der Waals surface area contributed by atoms with Crippen LogP contribution in [0.25, 0.3) is 5.76 Å². The van der Waals surface area contributed by atoms with Crippen LogP contribution < -0.4 is 5.90 Å². The van der Waals surface area contributed by atoms with Gasteiger partial charge in [-0.3, -0.25) is 0 Å². The topological polar surface area (TPSA) is 35.2 Å². The highest BCUT2D eigenvalue weighted by molar-refractivity contribution is 9.09. The van der Waals surface area contributed by atoms with Crippen LogP contribution in [0, 0.1) is 0 Å². The highest BCUT2D eigenvalue weighted by atomic mass is 79.9. The summed E-state index contributed by atoms with van der Waals surface area (Å²) in [7, 11) is 0. The quantitative estimate of drug-likeness (QED) is 0.395. The SMILES string of the molecule is C=C(/C=C(\ON)c1cccc(C(F)(F)F)c1)CBr. The minimum atomic E-state index is -4.40. The van der Waals surface area contributed by atoms with Crippen LogP contribution in [0.4, 0.5) is 13.2 Å². The molecule has 0 bridgehead atoms. The van der Waals surface area contributed by atoms with Crippen LogP contribution in [0.2, 0.25) is 0 Å². The second kappa shape index (κ2) is 6.06. The smallest absolute Gasteiger partial charge is 0.411 e. The number of hydrogen-bond acceptors (Lipinski definition) is 2. The summed E-state index contributed by atoms with van der Waals surface area (Å²) >= 11 is 3.17. The molecular weight excluding hydrogens is 311 g/mol. The molecule has 0 aliphatic heterocycles. The van der Waals surface area contributed by atoms with Crippen LogP contribution in [0.15, 0.2) is 42.5 Å². The van der Waals surface area contributed by atoms with Crippen molar-refractivity contribution in [2.45, 2.75) is 6.18 Å². The van der Waals surface area contributed by atoms with Crippen molar-refractivity contribution in [1.82, 2.24) is 0 Å². The largest absolute Gasteiger partial charge is 0.416 e. The molecule has 0 unspecified atom stereocenters. The van der Waals surface area contributed by atoms with E-state index in [0.717, 1.165) is 12.1 Å². The standard InChI is InChI=1S/C12H11BrF3NO/c1-8(7-13)5-11(18-17)9-3-2-4-10(6-9)12(14,15)16/h2-6H,1,7,17H2/b11-5-. The van der Waals surface area contributed by atoms with Crippen LogP contribution in [0.3, 0.4) is 0 Å². The maximum Gasteiger partial charge on any atom is 0.416 e. The molecule has 1 aromatic carbocycles. The lowest BCUT2D eigenvalue weighted by Gasteiger charge is -2.10. The van der Waals surface area contributed by atoms with E-state index in [0.29, 0.717) is 10.9 Å². The van der Waals surface area contributed by atoms with Crippen molar-refractivity contribution in [1.29, 1.82) is 0 Å². The lowest BCUT2D eigenvalue weighted by molar-refractivity contribution is -0.137. The third-order valence-corrected chi connectivity index (χ3v) is 2.83. The van der Waals surface area contributed by atoms with Gasteiger partial charge in [0.2, 0.25) is 0 Å². The van der Waals surface area contributed by atoms with Gasteiger partial charge in [0.25, 0.3) is 0 Å². The van der Waals surface area contributed by atoms with Crippen molar-refractivity contribution >= 4 is 21.7 Å². The Balaban J connectivity index is 3.16. The summed E-state index contributed by atoms with van der Waals surface area (Å²) in [4.78, 5) is 4.59. The third kappa shape index (κ3) is 3.89. The lowest BCUT2D eigenvalue weighted by atomic mass is 10.1. The molecule has 98 valence electrons. The van der Waals surface area contributed by atoms with Gasteiger partial charge in [0.1, 0.15) is 0 Å². The zero-order valence-corrected chi connectivity index (χ0v) is 10.9. The number of benzene rings is 1. The van der Waals surface area contributed by atoms with E-state index in [-0.39, 0.29) is 11.3 Å². The molecule has 0 heterocycles. The zero-order valence-electron chi connectivity index (χ0n) is 9.30. The molecule has 0 amide bonds. The highest BCUT2D eigenvalue weighted by Crippen LogP contribution is 2.31. The minimum Gasteiger partial charge on any atom is -0.411 e. The van der Waals surface area contributed by atoms with Crippen molar-refractivity contribution in [3.8, 4) is 0 Å². The van der Waals surface area contributed by atoms with Gasteiger partial charge in [-0.05, 0) is 23.8 Å². The number of rotatable bonds is 4. The van der Waals surface area contributed by atoms with E-state index in [9.17, 15) is 13.2 Å². The van der Waals surface area contributed by atoms with Crippen LogP contribution >= 0.6 is 15.9 Å². The van der Waals surface area contributed by atoms with Gasteiger partial charge in [-0.1, -0.05) is 34.6 Å². The Morgan fingerprint density at radius 2 is 2.11 bits per heavy atom. The number of nitrogens with two attached hydrogens (primary N) is 1. The molecule has 0 atom stereocenters. The molecule has 2 nitrogen and oxygen atoms in total. The molecule has 0 spiro atoms. The first kappa shape index (κ1) is 14.8. The molecule has 0 aliphatic rings. The molecule has 18 heavy (non-hydrogen) atoms. The first-order chi connectivity index (χ1) is 8.38. The molecule has 6 heteroatoms. The Hall–Kier alpha value is -1.27. The van der Waals surface area contributed by atoms with Gasteiger partial charge in [0, 0.05) is 10.9 Å². The summed E-state index contributed by atoms with van der Waals surface area (Å²) < 4.78 is 37.6. The predicted molar refractivity (Wildman–Crippen MR) is 67.6 cm³/mol. The molecule has 0 aliphatic carbocycles. The average Bonchev–Trinajstić information content (AvgIpc) is 2.34. The lowest BCUT2D eigenvalue weighted by Crippen LogP contribution is -2.06. The first-order valence-electron chi connectivity index (χ1n) is 4.88. The number of alkyl halides is 4. The van der Waals surface area contributed by atoms with E-state index in [1.165, 1.54) is 18.2 Å². The van der Waals surface area contributed by atoms with E-state index in [1.54, 1.807) is 0 Å². The van der Waals surface area contributed by atoms with Crippen molar-refractivity contribution in [2.24, 2.45) is 5.90 Å². The van der Waals surface area contributed by atoms with Gasteiger partial charge in [-0.2, -0.15) is 19.1 Å². The summed E-state index contributed by atoms with van der Waals surface area (Å²) in [6.07, 6.45) is -2.92. The van der Waals surface area contributed by atoms with Gasteiger partial charge >= 0.3 is 6.18 Å². The van der Waals surface area contributed by atoms with Crippen molar-refractivity contribution < 1.29 is 18.0 Å². The fourth-order valence-electron chi connectivity index (χ4n) is 1.26. The van der Waals surface area contributed by atoms with E-state index in [2.05, 4.69) is 27.3 Å². The van der Waals surface area contributed by atoms with E-state index in [4.69, 9.17) is 5.90 Å². The number of halogens is 4. The molecule has 1 rings (SSSR count). The number of allylic oxidation sites excluding steroid dienone is 2. The Morgan fingerprint density at radius 3 is 2.61 bits per heavy atom. The summed E-state index contributed by atoms with van der Waals surface area (Å²) in [5, 5.41) is 0.471. The highest BCUT2D eigenvalue weighted by Gasteiger charge is 2.30. The van der Waals surface area contributed by atoms with Gasteiger partial charge in [-0.25, -0.2) is 0 Å². The maximum atomic E-state index is 12.5. The Labute approximate surface area is 111 Å². The molecule has 0 aromatic heterocycles. The van der Waals surface area contributed by atoms with Crippen LogP contribution in [0.5, 0.6) is 0 Å². The molecule has 1 aromatic rings. The molecule has 0 saturated carbocycles. The third-order valence-electron chi connectivity index (χ3n) is 2.11. The van der Waals surface area contributed by atoms with Crippen molar-refractivity contribution in [2.75, 3.05) is 5.33 Å². The molecule has 0 radical (unpaired) electrons. The Kier molecular flexibility index (Phi) is 4.98. The van der Waals surface area contributed by atoms with Crippen LogP contribution in [0.1, 0.15) is 11.1 Å². The average molecular weight is 322 g/mol. The monoisotopic (exact) mass is 321 g/mol. The van der Waals surface area contributed by atoms with Crippen LogP contribution in [-0.4, -0.2) is 5.33 Å². The predicted octanol–water partition coefficient (Wildman–Crippen LogP) is 3.89. The maximum absolute atomic E-state index is 12.5. The minimum absolute atomic E-state index is 0.130. The molecule has 0 saturated heterocycles. The van der Waals surface area contributed by atoms with Gasteiger partial charge in [0.15, 0.2) is 5.76 Å². The molecular formula is C12H11BrF3NO. The second-order valence-electron chi connectivity index (χ2n) is 3.50. The summed E-state index contributed by atoms with van der Waals surface area (Å²) in [5.74, 6) is 5.19. The van der Waals surface area contributed by atoms with E-state index < -0.39 is 11.7 Å². The van der Waals surface area contributed by atoms with E-state index in [1.807, 2.05) is 0 Å². The number of hydrogen-bond donors (Lipinski definition) is 1. The fraction of sp³-hybridized carbons (Fsp3) is 0.167. The molecule has 0 fully saturated rings. The van der Waals surface area contributed by atoms with Crippen molar-refractivity contribution in [3.63, 3.8) is 0 Å². The summed E-state index contributed by atoms with van der Waals surface area (Å²) in [5.41, 5.74) is 0.120. The Morgan fingerprint density at radius 1 is 1.44 bits per heavy atom. The first-order valence-corrected chi connectivity index (χ1v) is 6.00. The summed E-state index contributed by atoms with van der Waals surface area (Å²) in [6, 6.07) is 4.73. The van der Waals surface area contributed by atoms with Gasteiger partial charge < -0.3 is 4.84 Å². The molecule has 2 N–H and O–H groups in total. The van der Waals surface area contributed by atoms with Gasteiger partial charge in [0.05, 0.1) is 5.56 Å². The van der Waals surface area contributed by atoms with Crippen molar-refractivity contribution in [3.05, 3.63) is 53.6 Å². The second-order valence-corrected chi connectivity index (χ2v) is 4.06. The fourth-order valence-corrected chi connectivity index (χ4v) is 1.42. The van der Waals surface area contributed by atoms with Gasteiger partial charge in [-0.15, -0.1) is 0 Å². The Bertz CT molecular complexity index is 469.